The molecule has 162 valence electrons. The standard InChI is InChI=1S/C24H28N4O3/c1-31-21-9-10-22-18(16-21)15-19(23(29)26-22)17-28(14-13-27-11-5-6-12-27)24(30)25-20-7-3-2-4-8-20/h2-4,7-10,15-16H,5-6,11-14,17H2,1H3,(H,25,30)(H,26,29). The van der Waals surface area contributed by atoms with Crippen LogP contribution in [0.3, 0.4) is 0 Å². The molecule has 0 atom stereocenters. The summed E-state index contributed by atoms with van der Waals surface area (Å²) in [5.41, 5.74) is 1.84. The Morgan fingerprint density at radius 2 is 1.90 bits per heavy atom. The maximum Gasteiger partial charge on any atom is 0.322 e. The molecule has 2 N–H and O–H groups in total. The smallest absolute Gasteiger partial charge is 0.322 e. The number of nitrogens with zero attached hydrogens (tertiary/aromatic N) is 2. The lowest BCUT2D eigenvalue weighted by Gasteiger charge is -2.26. The molecular formula is C24H28N4O3. The zero-order chi connectivity index (χ0) is 21.6. The number of para-hydroxylation sites is 1. The maximum absolute atomic E-state index is 13.1. The molecule has 2 aromatic carbocycles. The normalized spacial score (nSPS) is 14.0. The van der Waals surface area contributed by atoms with Gasteiger partial charge in [0.2, 0.25) is 0 Å². The Morgan fingerprint density at radius 1 is 1.13 bits per heavy atom. The monoisotopic (exact) mass is 420 g/mol. The van der Waals surface area contributed by atoms with Gasteiger partial charge < -0.3 is 24.8 Å². The second kappa shape index (κ2) is 9.66. The second-order valence-electron chi connectivity index (χ2n) is 7.84. The van der Waals surface area contributed by atoms with Crippen molar-refractivity contribution in [2.75, 3.05) is 38.6 Å². The number of urea groups is 1. The van der Waals surface area contributed by atoms with Crippen molar-refractivity contribution in [2.45, 2.75) is 19.4 Å². The topological polar surface area (TPSA) is 77.7 Å². The second-order valence-corrected chi connectivity index (χ2v) is 7.84. The van der Waals surface area contributed by atoms with Gasteiger partial charge in [0.1, 0.15) is 5.75 Å². The number of methoxy groups -OCH3 is 1. The number of ether oxygens (including phenoxy) is 1. The predicted octanol–water partition coefficient (Wildman–Crippen LogP) is 3.67. The van der Waals surface area contributed by atoms with Crippen LogP contribution in [0.25, 0.3) is 10.9 Å². The van der Waals surface area contributed by atoms with E-state index in [1.54, 1.807) is 12.0 Å². The molecule has 1 saturated heterocycles. The SMILES string of the molecule is COc1ccc2[nH]c(=O)c(CN(CCN3CCCC3)C(=O)Nc3ccccc3)cc2c1. The average molecular weight is 421 g/mol. The first kappa shape index (κ1) is 20.9. The van der Waals surface area contributed by atoms with Crippen LogP contribution >= 0.6 is 0 Å². The zero-order valence-electron chi connectivity index (χ0n) is 17.8. The number of carbonyl (C=O) groups is 1. The van der Waals surface area contributed by atoms with Crippen molar-refractivity contribution in [3.05, 3.63) is 70.5 Å². The summed E-state index contributed by atoms with van der Waals surface area (Å²) in [7, 11) is 1.61. The first-order valence-electron chi connectivity index (χ1n) is 10.7. The molecule has 3 aromatic rings. The molecule has 31 heavy (non-hydrogen) atoms. The fourth-order valence-corrected chi connectivity index (χ4v) is 3.92. The van der Waals surface area contributed by atoms with E-state index in [1.807, 2.05) is 54.6 Å². The molecule has 1 aliphatic heterocycles. The summed E-state index contributed by atoms with van der Waals surface area (Å²) in [6, 6.07) is 16.5. The fourth-order valence-electron chi connectivity index (χ4n) is 3.92. The van der Waals surface area contributed by atoms with E-state index in [4.69, 9.17) is 4.74 Å². The highest BCUT2D eigenvalue weighted by atomic mass is 16.5. The average Bonchev–Trinajstić information content (AvgIpc) is 3.31. The summed E-state index contributed by atoms with van der Waals surface area (Å²) >= 11 is 0. The molecule has 4 rings (SSSR count). The van der Waals surface area contributed by atoms with Gasteiger partial charge in [-0.05, 0) is 62.3 Å². The summed E-state index contributed by atoms with van der Waals surface area (Å²) in [5.74, 6) is 0.721. The number of hydrogen-bond donors (Lipinski definition) is 2. The quantitative estimate of drug-likeness (QED) is 0.611. The van der Waals surface area contributed by atoms with Crippen molar-refractivity contribution in [3.63, 3.8) is 0 Å². The van der Waals surface area contributed by atoms with Crippen molar-refractivity contribution in [3.8, 4) is 5.75 Å². The van der Waals surface area contributed by atoms with Crippen LogP contribution in [0, 0.1) is 0 Å². The molecule has 1 aromatic heterocycles. The third-order valence-electron chi connectivity index (χ3n) is 5.69. The van der Waals surface area contributed by atoms with Gasteiger partial charge in [0.25, 0.3) is 5.56 Å². The van der Waals surface area contributed by atoms with Crippen LogP contribution in [0.4, 0.5) is 10.5 Å². The summed E-state index contributed by atoms with van der Waals surface area (Å²) in [4.78, 5) is 32.8. The molecule has 0 unspecified atom stereocenters. The van der Waals surface area contributed by atoms with Gasteiger partial charge in [0.05, 0.1) is 13.7 Å². The number of H-pyrrole nitrogens is 1. The highest BCUT2D eigenvalue weighted by Crippen LogP contribution is 2.19. The van der Waals surface area contributed by atoms with Gasteiger partial charge in [-0.2, -0.15) is 0 Å². The molecule has 2 heterocycles. The predicted molar refractivity (Wildman–Crippen MR) is 123 cm³/mol. The van der Waals surface area contributed by atoms with Crippen molar-refractivity contribution >= 4 is 22.6 Å². The number of pyridine rings is 1. The first-order valence-corrected chi connectivity index (χ1v) is 10.7. The lowest BCUT2D eigenvalue weighted by atomic mass is 10.1. The lowest BCUT2D eigenvalue weighted by molar-refractivity contribution is 0.197. The molecule has 0 radical (unpaired) electrons. The highest BCUT2D eigenvalue weighted by Gasteiger charge is 2.19. The Balaban J connectivity index is 1.57. The molecular weight excluding hydrogens is 392 g/mol. The largest absolute Gasteiger partial charge is 0.497 e. The van der Waals surface area contributed by atoms with E-state index in [1.165, 1.54) is 12.8 Å². The van der Waals surface area contributed by atoms with Crippen LogP contribution in [-0.2, 0) is 6.54 Å². The van der Waals surface area contributed by atoms with Crippen LogP contribution in [0.1, 0.15) is 18.4 Å². The van der Waals surface area contributed by atoms with Gasteiger partial charge >= 0.3 is 6.03 Å². The Hall–Kier alpha value is -3.32. The molecule has 0 aliphatic carbocycles. The van der Waals surface area contributed by atoms with Crippen molar-refractivity contribution in [1.29, 1.82) is 0 Å². The number of carbonyl (C=O) groups excluding carboxylic acids is 1. The molecule has 0 spiro atoms. The maximum atomic E-state index is 13.1. The number of anilines is 1. The Kier molecular flexibility index (Phi) is 6.52. The van der Waals surface area contributed by atoms with E-state index in [0.717, 1.165) is 42.0 Å². The summed E-state index contributed by atoms with van der Waals surface area (Å²) in [6.07, 6.45) is 2.39. The molecule has 2 amide bonds. The molecule has 0 saturated carbocycles. The Labute approximate surface area is 181 Å². The number of aromatic nitrogens is 1. The number of hydrogen-bond acceptors (Lipinski definition) is 4. The summed E-state index contributed by atoms with van der Waals surface area (Å²) in [5, 5.41) is 3.82. The van der Waals surface area contributed by atoms with E-state index in [-0.39, 0.29) is 18.1 Å². The van der Waals surface area contributed by atoms with Gasteiger partial charge in [0, 0.05) is 35.2 Å². The van der Waals surface area contributed by atoms with E-state index in [2.05, 4.69) is 15.2 Å². The minimum atomic E-state index is -0.212. The summed E-state index contributed by atoms with van der Waals surface area (Å²) in [6.45, 7) is 3.69. The van der Waals surface area contributed by atoms with E-state index in [9.17, 15) is 9.59 Å². The minimum Gasteiger partial charge on any atom is -0.497 e. The summed E-state index contributed by atoms with van der Waals surface area (Å²) < 4.78 is 5.30. The zero-order valence-corrected chi connectivity index (χ0v) is 17.8. The highest BCUT2D eigenvalue weighted by molar-refractivity contribution is 5.89. The first-order chi connectivity index (χ1) is 15.1. The third kappa shape index (κ3) is 5.24. The lowest BCUT2D eigenvalue weighted by Crippen LogP contribution is -2.41. The van der Waals surface area contributed by atoms with Crippen molar-refractivity contribution in [1.82, 2.24) is 14.8 Å². The van der Waals surface area contributed by atoms with Crippen molar-refractivity contribution in [2.24, 2.45) is 0 Å². The van der Waals surface area contributed by atoms with Crippen LogP contribution in [0.2, 0.25) is 0 Å². The van der Waals surface area contributed by atoms with Crippen LogP contribution in [0.5, 0.6) is 5.75 Å². The number of fused-ring (bicyclic) bond motifs is 1. The van der Waals surface area contributed by atoms with E-state index in [0.29, 0.717) is 12.1 Å². The van der Waals surface area contributed by atoms with Crippen LogP contribution in [-0.4, -0.2) is 54.1 Å². The van der Waals surface area contributed by atoms with Crippen LogP contribution < -0.4 is 15.6 Å². The van der Waals surface area contributed by atoms with Crippen LogP contribution in [0.15, 0.2) is 59.4 Å². The van der Waals surface area contributed by atoms with E-state index < -0.39 is 0 Å². The Bertz CT molecular complexity index is 1090. The van der Waals surface area contributed by atoms with Gasteiger partial charge in [-0.3, -0.25) is 4.79 Å². The minimum absolute atomic E-state index is 0.184. The molecule has 7 nitrogen and oxygen atoms in total. The number of likely N-dealkylation sites (tertiary alicyclic amines) is 1. The number of nitrogens with one attached hydrogen (secondary N) is 2. The number of benzene rings is 2. The number of aromatic amines is 1. The van der Waals surface area contributed by atoms with Crippen molar-refractivity contribution < 1.29 is 9.53 Å². The van der Waals surface area contributed by atoms with Gasteiger partial charge in [-0.15, -0.1) is 0 Å². The van der Waals surface area contributed by atoms with Gasteiger partial charge in [0.15, 0.2) is 0 Å². The number of rotatable bonds is 7. The Morgan fingerprint density at radius 3 is 2.65 bits per heavy atom. The number of amides is 2. The third-order valence-corrected chi connectivity index (χ3v) is 5.69. The molecule has 0 bridgehead atoms. The fraction of sp³-hybridized carbons (Fsp3) is 0.333. The molecule has 1 fully saturated rings. The van der Waals surface area contributed by atoms with E-state index >= 15 is 0 Å². The van der Waals surface area contributed by atoms with Gasteiger partial charge in [-0.25, -0.2) is 4.79 Å². The molecule has 1 aliphatic rings. The van der Waals surface area contributed by atoms with Gasteiger partial charge in [-0.1, -0.05) is 18.2 Å². The molecule has 7 heteroatoms.